The fourth-order valence-corrected chi connectivity index (χ4v) is 2.61. The van der Waals surface area contributed by atoms with Gasteiger partial charge in [-0.15, -0.1) is 0 Å². The van der Waals surface area contributed by atoms with Crippen LogP contribution in [0.3, 0.4) is 0 Å². The highest BCUT2D eigenvalue weighted by atomic mass is 16.3. The van der Waals surface area contributed by atoms with Crippen LogP contribution in [0.15, 0.2) is 12.4 Å². The topological polar surface area (TPSA) is 64.1 Å². The Kier molecular flexibility index (Phi) is 2.80. The maximum Gasteiger partial charge on any atom is 0.0611 e. The summed E-state index contributed by atoms with van der Waals surface area (Å²) in [6.07, 6.45) is 7.46. The lowest BCUT2D eigenvalue weighted by Crippen LogP contribution is -2.39. The van der Waals surface area contributed by atoms with Gasteiger partial charge in [-0.25, -0.2) is 0 Å². The minimum Gasteiger partial charge on any atom is -0.392 e. The van der Waals surface area contributed by atoms with Gasteiger partial charge in [-0.1, -0.05) is 6.42 Å². The number of aliphatic hydroxyl groups excluding tert-OH is 1. The number of aromatic nitrogens is 2. The fourth-order valence-electron chi connectivity index (χ4n) is 2.61. The lowest BCUT2D eigenvalue weighted by molar-refractivity contribution is 0.0588. The molecule has 0 aliphatic heterocycles. The summed E-state index contributed by atoms with van der Waals surface area (Å²) in [6, 6.07) is 0. The van der Waals surface area contributed by atoms with E-state index in [0.717, 1.165) is 25.7 Å². The predicted molar refractivity (Wildman–Crippen MR) is 58.3 cm³/mol. The van der Waals surface area contributed by atoms with Crippen molar-refractivity contribution in [2.24, 2.45) is 18.2 Å². The molecule has 0 spiro atoms. The summed E-state index contributed by atoms with van der Waals surface area (Å²) in [5.41, 5.74) is 6.89. The molecule has 1 heterocycles. The monoisotopic (exact) mass is 209 g/mol. The number of hydrogen-bond donors (Lipinski definition) is 2. The van der Waals surface area contributed by atoms with Crippen molar-refractivity contribution < 1.29 is 5.11 Å². The van der Waals surface area contributed by atoms with Crippen molar-refractivity contribution in [1.29, 1.82) is 0 Å². The molecule has 2 atom stereocenters. The molecule has 0 bridgehead atoms. The molecule has 84 valence electrons. The Hall–Kier alpha value is -0.870. The molecule has 2 unspecified atom stereocenters. The average molecular weight is 209 g/mol. The molecule has 1 aromatic rings. The quantitative estimate of drug-likeness (QED) is 0.760. The summed E-state index contributed by atoms with van der Waals surface area (Å²) >= 11 is 0. The van der Waals surface area contributed by atoms with Crippen molar-refractivity contribution >= 4 is 0 Å². The van der Waals surface area contributed by atoms with Gasteiger partial charge in [0.05, 0.1) is 12.3 Å². The molecule has 0 radical (unpaired) electrons. The molecular formula is C11H19N3O. The van der Waals surface area contributed by atoms with Gasteiger partial charge < -0.3 is 10.8 Å². The first-order valence-electron chi connectivity index (χ1n) is 5.52. The molecule has 2 rings (SSSR count). The van der Waals surface area contributed by atoms with E-state index < -0.39 is 0 Å². The van der Waals surface area contributed by atoms with E-state index in [-0.39, 0.29) is 11.5 Å². The van der Waals surface area contributed by atoms with Crippen molar-refractivity contribution in [2.45, 2.75) is 31.8 Å². The van der Waals surface area contributed by atoms with E-state index in [1.54, 1.807) is 4.68 Å². The van der Waals surface area contributed by atoms with Gasteiger partial charge in [0.1, 0.15) is 0 Å². The van der Waals surface area contributed by atoms with Gasteiger partial charge in [-0.2, -0.15) is 5.10 Å². The van der Waals surface area contributed by atoms with Gasteiger partial charge in [0.2, 0.25) is 0 Å². The fraction of sp³-hybridized carbons (Fsp3) is 0.727. The third kappa shape index (κ3) is 1.92. The Bertz CT molecular complexity index is 336. The highest BCUT2D eigenvalue weighted by Gasteiger charge is 2.40. The molecule has 15 heavy (non-hydrogen) atoms. The van der Waals surface area contributed by atoms with E-state index in [9.17, 15) is 5.11 Å². The normalized spacial score (nSPS) is 31.0. The van der Waals surface area contributed by atoms with Crippen LogP contribution < -0.4 is 5.73 Å². The van der Waals surface area contributed by atoms with Crippen LogP contribution in [0.2, 0.25) is 0 Å². The van der Waals surface area contributed by atoms with E-state index in [1.807, 2.05) is 19.4 Å². The molecule has 4 heteroatoms. The average Bonchev–Trinajstić information content (AvgIpc) is 2.76. The zero-order valence-corrected chi connectivity index (χ0v) is 9.19. The maximum atomic E-state index is 10.0. The molecule has 1 aliphatic carbocycles. The number of hydrogen-bond acceptors (Lipinski definition) is 3. The molecular weight excluding hydrogens is 190 g/mol. The first-order chi connectivity index (χ1) is 7.16. The second-order valence-electron chi connectivity index (χ2n) is 4.67. The Morgan fingerprint density at radius 2 is 2.53 bits per heavy atom. The second-order valence-corrected chi connectivity index (χ2v) is 4.67. The van der Waals surface area contributed by atoms with Gasteiger partial charge in [0.25, 0.3) is 0 Å². The summed E-state index contributed by atoms with van der Waals surface area (Å²) in [7, 11) is 1.91. The van der Waals surface area contributed by atoms with E-state index >= 15 is 0 Å². The Morgan fingerprint density at radius 1 is 1.73 bits per heavy atom. The van der Waals surface area contributed by atoms with Crippen LogP contribution in [-0.4, -0.2) is 27.5 Å². The second kappa shape index (κ2) is 3.94. The predicted octanol–water partition coefficient (Wildman–Crippen LogP) is 0.452. The van der Waals surface area contributed by atoms with Crippen LogP contribution in [0, 0.1) is 5.41 Å². The van der Waals surface area contributed by atoms with Gasteiger partial charge in [-0.05, 0) is 24.8 Å². The van der Waals surface area contributed by atoms with Crippen LogP contribution in [0.5, 0.6) is 0 Å². The van der Waals surface area contributed by atoms with E-state index in [1.165, 1.54) is 5.56 Å². The van der Waals surface area contributed by atoms with E-state index in [0.29, 0.717) is 6.54 Å². The zero-order valence-electron chi connectivity index (χ0n) is 9.19. The number of nitrogens with two attached hydrogens (primary N) is 1. The van der Waals surface area contributed by atoms with E-state index in [2.05, 4.69) is 5.10 Å². The third-order valence-corrected chi connectivity index (χ3v) is 3.58. The summed E-state index contributed by atoms with van der Waals surface area (Å²) in [4.78, 5) is 0. The van der Waals surface area contributed by atoms with Crippen molar-refractivity contribution in [3.63, 3.8) is 0 Å². The minimum absolute atomic E-state index is 0.108. The smallest absolute Gasteiger partial charge is 0.0611 e. The summed E-state index contributed by atoms with van der Waals surface area (Å²) in [6.45, 7) is 0.559. The number of aliphatic hydroxyl groups is 1. The van der Waals surface area contributed by atoms with Crippen LogP contribution in [0.1, 0.15) is 24.8 Å². The van der Waals surface area contributed by atoms with Gasteiger partial charge >= 0.3 is 0 Å². The highest BCUT2D eigenvalue weighted by molar-refractivity contribution is 5.10. The van der Waals surface area contributed by atoms with Gasteiger partial charge in [-0.3, -0.25) is 4.68 Å². The first-order valence-corrected chi connectivity index (χ1v) is 5.52. The Morgan fingerprint density at radius 3 is 3.00 bits per heavy atom. The molecule has 0 aromatic carbocycles. The minimum atomic E-state index is -0.247. The molecule has 0 saturated heterocycles. The number of rotatable bonds is 3. The van der Waals surface area contributed by atoms with E-state index in [4.69, 9.17) is 5.73 Å². The van der Waals surface area contributed by atoms with Crippen molar-refractivity contribution in [2.75, 3.05) is 6.54 Å². The SMILES string of the molecule is Cn1cc(CC2(CN)CCCC2O)cn1. The number of aryl methyl sites for hydroxylation is 1. The van der Waals surface area contributed by atoms with Crippen LogP contribution in [-0.2, 0) is 13.5 Å². The standard InChI is InChI=1S/C11H19N3O/c1-14-7-9(6-13-14)5-11(8-12)4-2-3-10(11)15/h6-7,10,15H,2-5,8,12H2,1H3. The molecule has 0 amide bonds. The summed E-state index contributed by atoms with van der Waals surface area (Å²) < 4.78 is 1.79. The number of nitrogens with zero attached hydrogens (tertiary/aromatic N) is 2. The van der Waals surface area contributed by atoms with Crippen LogP contribution >= 0.6 is 0 Å². The lowest BCUT2D eigenvalue weighted by atomic mass is 9.79. The highest BCUT2D eigenvalue weighted by Crippen LogP contribution is 2.40. The third-order valence-electron chi connectivity index (χ3n) is 3.58. The Labute approximate surface area is 90.1 Å². The molecule has 1 fully saturated rings. The maximum absolute atomic E-state index is 10.0. The largest absolute Gasteiger partial charge is 0.392 e. The zero-order chi connectivity index (χ0) is 10.9. The Balaban J connectivity index is 2.14. The molecule has 1 aromatic heterocycles. The van der Waals surface area contributed by atoms with Crippen molar-refractivity contribution in [3.8, 4) is 0 Å². The molecule has 3 N–H and O–H groups in total. The summed E-state index contributed by atoms with van der Waals surface area (Å²) in [5.74, 6) is 0. The molecule has 4 nitrogen and oxygen atoms in total. The summed E-state index contributed by atoms with van der Waals surface area (Å²) in [5, 5.41) is 14.1. The van der Waals surface area contributed by atoms with Gasteiger partial charge in [0.15, 0.2) is 0 Å². The van der Waals surface area contributed by atoms with Gasteiger partial charge in [0, 0.05) is 25.2 Å². The van der Waals surface area contributed by atoms with Crippen molar-refractivity contribution in [3.05, 3.63) is 18.0 Å². The molecule has 1 aliphatic rings. The lowest BCUT2D eigenvalue weighted by Gasteiger charge is -2.30. The first kappa shape index (κ1) is 10.6. The molecule has 1 saturated carbocycles. The van der Waals surface area contributed by atoms with Crippen LogP contribution in [0.25, 0.3) is 0 Å². The van der Waals surface area contributed by atoms with Crippen molar-refractivity contribution in [1.82, 2.24) is 9.78 Å². The van der Waals surface area contributed by atoms with Crippen LogP contribution in [0.4, 0.5) is 0 Å².